The van der Waals surface area contributed by atoms with Gasteiger partial charge in [-0.3, -0.25) is 0 Å². The summed E-state index contributed by atoms with van der Waals surface area (Å²) in [5, 5.41) is 0. The molecule has 1 atom stereocenters. The number of piperidine rings is 1. The molecule has 1 fully saturated rings. The summed E-state index contributed by atoms with van der Waals surface area (Å²) in [6, 6.07) is 14.9. The number of rotatable bonds is 5. The van der Waals surface area contributed by atoms with Crippen LogP contribution < -0.4 is 4.90 Å². The highest BCUT2D eigenvalue weighted by Gasteiger charge is 2.33. The molecular weight excluding hydrogens is 415 g/mol. The second-order valence-electron chi connectivity index (χ2n) is 7.89. The number of aromatic nitrogens is 2. The number of hydrogen-bond acceptors (Lipinski definition) is 5. The van der Waals surface area contributed by atoms with Gasteiger partial charge in [0.05, 0.1) is 10.6 Å². The van der Waals surface area contributed by atoms with Crippen LogP contribution in [0.3, 0.4) is 0 Å². The second-order valence-corrected chi connectivity index (χ2v) is 9.82. The summed E-state index contributed by atoms with van der Waals surface area (Å²) >= 11 is 0. The second kappa shape index (κ2) is 8.72. The largest absolute Gasteiger partial charge is 0.347 e. The van der Waals surface area contributed by atoms with Crippen LogP contribution in [0.2, 0.25) is 0 Å². The lowest BCUT2D eigenvalue weighted by molar-refractivity contribution is 0.313. The lowest BCUT2D eigenvalue weighted by Crippen LogP contribution is -2.39. The molecule has 4 rings (SSSR count). The summed E-state index contributed by atoms with van der Waals surface area (Å²) in [7, 11) is 0.0540. The summed E-state index contributed by atoms with van der Waals surface area (Å²) in [4.78, 5) is 11.2. The van der Waals surface area contributed by atoms with Crippen LogP contribution in [0.1, 0.15) is 24.5 Å². The van der Waals surface area contributed by atoms with E-state index in [4.69, 9.17) is 4.98 Å². The molecule has 2 heterocycles. The number of hydrogen-bond donors (Lipinski definition) is 0. The highest BCUT2D eigenvalue weighted by molar-refractivity contribution is 7.89. The van der Waals surface area contributed by atoms with Gasteiger partial charge in [-0.1, -0.05) is 30.3 Å². The first-order valence-electron chi connectivity index (χ1n) is 10.2. The molecule has 0 saturated carbocycles. The SMILES string of the molecule is CN(C)c1ncc(-c2ccccc2)c([C@H]2CCCN(S(=O)(=O)c3ccc(F)cc3)C2)n1. The van der Waals surface area contributed by atoms with E-state index in [0.717, 1.165) is 29.7 Å². The first kappa shape index (κ1) is 21.4. The maximum Gasteiger partial charge on any atom is 0.243 e. The molecule has 1 aliphatic heterocycles. The molecule has 1 aromatic heterocycles. The van der Waals surface area contributed by atoms with Crippen molar-refractivity contribution in [1.29, 1.82) is 0 Å². The molecule has 0 spiro atoms. The van der Waals surface area contributed by atoms with Crippen LogP contribution in [0, 0.1) is 5.82 Å². The monoisotopic (exact) mass is 440 g/mol. The van der Waals surface area contributed by atoms with E-state index in [9.17, 15) is 12.8 Å². The normalized spacial score (nSPS) is 17.5. The summed E-state index contributed by atoms with van der Waals surface area (Å²) in [5.74, 6) is 0.0641. The van der Waals surface area contributed by atoms with Gasteiger partial charge >= 0.3 is 0 Å². The maximum absolute atomic E-state index is 13.3. The van der Waals surface area contributed by atoms with Gasteiger partial charge in [0.15, 0.2) is 0 Å². The van der Waals surface area contributed by atoms with E-state index in [0.29, 0.717) is 19.0 Å². The smallest absolute Gasteiger partial charge is 0.243 e. The molecule has 1 saturated heterocycles. The first-order valence-corrected chi connectivity index (χ1v) is 11.7. The van der Waals surface area contributed by atoms with Gasteiger partial charge in [-0.2, -0.15) is 4.31 Å². The van der Waals surface area contributed by atoms with E-state index >= 15 is 0 Å². The number of halogens is 1. The molecular formula is C23H25FN4O2S. The highest BCUT2D eigenvalue weighted by Crippen LogP contribution is 2.35. The molecule has 0 aliphatic carbocycles. The van der Waals surface area contributed by atoms with Gasteiger partial charge in [0.2, 0.25) is 16.0 Å². The Morgan fingerprint density at radius 1 is 1.06 bits per heavy atom. The molecule has 2 aromatic carbocycles. The third-order valence-electron chi connectivity index (χ3n) is 5.51. The van der Waals surface area contributed by atoms with Crippen molar-refractivity contribution in [2.75, 3.05) is 32.1 Å². The summed E-state index contributed by atoms with van der Waals surface area (Å²) < 4.78 is 41.1. The van der Waals surface area contributed by atoms with Crippen LogP contribution in [-0.2, 0) is 10.0 Å². The van der Waals surface area contributed by atoms with E-state index in [2.05, 4.69) is 4.98 Å². The topological polar surface area (TPSA) is 66.4 Å². The van der Waals surface area contributed by atoms with E-state index < -0.39 is 15.8 Å². The Bertz CT molecular complexity index is 1150. The Labute approximate surface area is 182 Å². The quantitative estimate of drug-likeness (QED) is 0.602. The number of nitrogens with zero attached hydrogens (tertiary/aromatic N) is 4. The van der Waals surface area contributed by atoms with Crippen molar-refractivity contribution in [3.05, 3.63) is 72.3 Å². The lowest BCUT2D eigenvalue weighted by atomic mass is 9.91. The molecule has 0 bridgehead atoms. The zero-order chi connectivity index (χ0) is 22.0. The fourth-order valence-corrected chi connectivity index (χ4v) is 5.42. The standard InChI is InChI=1S/C23H25FN4O2S/c1-27(2)23-25-15-21(17-7-4-3-5-8-17)22(26-23)18-9-6-14-28(16-18)31(29,30)20-12-10-19(24)11-13-20/h3-5,7-8,10-13,15,18H,6,9,14,16H2,1-2H3/t18-/m0/s1. The van der Waals surface area contributed by atoms with Gasteiger partial charge in [-0.05, 0) is 42.7 Å². The average Bonchev–Trinajstić information content (AvgIpc) is 2.79. The van der Waals surface area contributed by atoms with Crippen LogP contribution in [0.25, 0.3) is 11.1 Å². The van der Waals surface area contributed by atoms with Crippen molar-refractivity contribution < 1.29 is 12.8 Å². The van der Waals surface area contributed by atoms with E-state index in [1.165, 1.54) is 28.6 Å². The number of sulfonamides is 1. The van der Waals surface area contributed by atoms with Gasteiger partial charge in [0, 0.05) is 44.9 Å². The highest BCUT2D eigenvalue weighted by atomic mass is 32.2. The van der Waals surface area contributed by atoms with Crippen LogP contribution in [0.5, 0.6) is 0 Å². The van der Waals surface area contributed by atoms with Crippen molar-refractivity contribution in [3.8, 4) is 11.1 Å². The summed E-state index contributed by atoms with van der Waals surface area (Å²) in [6.45, 7) is 0.756. The van der Waals surface area contributed by atoms with Gasteiger partial charge in [-0.15, -0.1) is 0 Å². The minimum atomic E-state index is -3.71. The maximum atomic E-state index is 13.3. The van der Waals surface area contributed by atoms with E-state index in [-0.39, 0.29) is 10.8 Å². The van der Waals surface area contributed by atoms with Crippen molar-refractivity contribution in [2.24, 2.45) is 0 Å². The van der Waals surface area contributed by atoms with Crippen LogP contribution >= 0.6 is 0 Å². The molecule has 6 nitrogen and oxygen atoms in total. The van der Waals surface area contributed by atoms with Gasteiger partial charge < -0.3 is 4.90 Å². The van der Waals surface area contributed by atoms with Crippen LogP contribution in [-0.4, -0.2) is 49.9 Å². The Morgan fingerprint density at radius 2 is 1.77 bits per heavy atom. The van der Waals surface area contributed by atoms with Gasteiger partial charge in [0.25, 0.3) is 0 Å². The zero-order valence-corrected chi connectivity index (χ0v) is 18.4. The molecule has 31 heavy (non-hydrogen) atoms. The molecule has 0 radical (unpaired) electrons. The van der Waals surface area contributed by atoms with E-state index in [1.54, 1.807) is 0 Å². The van der Waals surface area contributed by atoms with E-state index in [1.807, 2.05) is 55.5 Å². The predicted octanol–water partition coefficient (Wildman–Crippen LogP) is 3.92. The van der Waals surface area contributed by atoms with Crippen molar-refractivity contribution in [1.82, 2.24) is 14.3 Å². The van der Waals surface area contributed by atoms with Gasteiger partial charge in [-0.25, -0.2) is 22.8 Å². The Hall–Kier alpha value is -2.84. The average molecular weight is 441 g/mol. The molecule has 8 heteroatoms. The minimum Gasteiger partial charge on any atom is -0.347 e. The summed E-state index contributed by atoms with van der Waals surface area (Å²) in [5.41, 5.74) is 2.77. The molecule has 0 N–H and O–H groups in total. The Morgan fingerprint density at radius 3 is 2.45 bits per heavy atom. The van der Waals surface area contributed by atoms with Crippen LogP contribution in [0.4, 0.5) is 10.3 Å². The van der Waals surface area contributed by atoms with Crippen molar-refractivity contribution in [3.63, 3.8) is 0 Å². The molecule has 0 amide bonds. The Balaban J connectivity index is 1.70. The van der Waals surface area contributed by atoms with Crippen molar-refractivity contribution in [2.45, 2.75) is 23.7 Å². The molecule has 3 aromatic rings. The third kappa shape index (κ3) is 4.45. The minimum absolute atomic E-state index is 0.0686. The summed E-state index contributed by atoms with van der Waals surface area (Å²) in [6.07, 6.45) is 3.38. The van der Waals surface area contributed by atoms with Gasteiger partial charge in [0.1, 0.15) is 5.82 Å². The molecule has 162 valence electrons. The predicted molar refractivity (Wildman–Crippen MR) is 119 cm³/mol. The first-order chi connectivity index (χ1) is 14.9. The number of benzene rings is 2. The lowest BCUT2D eigenvalue weighted by Gasteiger charge is -2.32. The molecule has 1 aliphatic rings. The number of anilines is 1. The fraction of sp³-hybridized carbons (Fsp3) is 0.304. The van der Waals surface area contributed by atoms with Crippen LogP contribution in [0.15, 0.2) is 65.7 Å². The van der Waals surface area contributed by atoms with Crippen molar-refractivity contribution >= 4 is 16.0 Å². The molecule has 0 unspecified atom stereocenters. The zero-order valence-electron chi connectivity index (χ0n) is 17.6. The third-order valence-corrected chi connectivity index (χ3v) is 7.39. The fourth-order valence-electron chi connectivity index (χ4n) is 3.89. The Kier molecular flexibility index (Phi) is 6.02.